The minimum atomic E-state index is -0.448. The molecule has 0 bridgehead atoms. The predicted octanol–water partition coefficient (Wildman–Crippen LogP) is 2.05. The average Bonchev–Trinajstić information content (AvgIpc) is 2.31. The molecular formula is C12H19N3O2. The SMILES string of the molecule is CCCC(C)Nc1nccc(C(=O)OC)c1N. The molecule has 0 saturated carbocycles. The fourth-order valence-electron chi connectivity index (χ4n) is 1.61. The Morgan fingerprint density at radius 3 is 2.94 bits per heavy atom. The molecule has 1 unspecified atom stereocenters. The van der Waals surface area contributed by atoms with Crippen molar-refractivity contribution in [1.29, 1.82) is 0 Å². The molecule has 0 radical (unpaired) electrons. The number of esters is 1. The van der Waals surface area contributed by atoms with Crippen molar-refractivity contribution in [2.75, 3.05) is 18.2 Å². The zero-order chi connectivity index (χ0) is 12.8. The van der Waals surface area contributed by atoms with Gasteiger partial charge in [-0.3, -0.25) is 0 Å². The molecule has 0 aliphatic heterocycles. The Hall–Kier alpha value is -1.78. The van der Waals surface area contributed by atoms with Crippen molar-refractivity contribution in [2.45, 2.75) is 32.7 Å². The number of nitrogen functional groups attached to an aromatic ring is 1. The van der Waals surface area contributed by atoms with Crippen molar-refractivity contribution in [3.63, 3.8) is 0 Å². The van der Waals surface area contributed by atoms with E-state index in [1.54, 1.807) is 12.3 Å². The second kappa shape index (κ2) is 6.08. The van der Waals surface area contributed by atoms with Gasteiger partial charge in [-0.05, 0) is 19.4 Å². The van der Waals surface area contributed by atoms with Gasteiger partial charge in [-0.15, -0.1) is 0 Å². The van der Waals surface area contributed by atoms with Crippen LogP contribution < -0.4 is 11.1 Å². The first-order valence-electron chi connectivity index (χ1n) is 5.69. The molecule has 0 amide bonds. The van der Waals surface area contributed by atoms with Gasteiger partial charge in [0.25, 0.3) is 0 Å². The van der Waals surface area contributed by atoms with Gasteiger partial charge in [0, 0.05) is 12.2 Å². The van der Waals surface area contributed by atoms with Crippen LogP contribution in [0.2, 0.25) is 0 Å². The van der Waals surface area contributed by atoms with Crippen molar-refractivity contribution < 1.29 is 9.53 Å². The van der Waals surface area contributed by atoms with Crippen LogP contribution in [0.15, 0.2) is 12.3 Å². The lowest BCUT2D eigenvalue weighted by Gasteiger charge is -2.16. The Balaban J connectivity index is 2.90. The van der Waals surface area contributed by atoms with Crippen molar-refractivity contribution in [2.24, 2.45) is 0 Å². The van der Waals surface area contributed by atoms with Gasteiger partial charge in [0.2, 0.25) is 0 Å². The predicted molar refractivity (Wildman–Crippen MR) is 68.0 cm³/mol. The van der Waals surface area contributed by atoms with E-state index in [4.69, 9.17) is 5.73 Å². The summed E-state index contributed by atoms with van der Waals surface area (Å²) in [5.41, 5.74) is 6.56. The fourth-order valence-corrected chi connectivity index (χ4v) is 1.61. The molecule has 5 nitrogen and oxygen atoms in total. The lowest BCUT2D eigenvalue weighted by atomic mass is 10.1. The van der Waals surface area contributed by atoms with Crippen LogP contribution in [-0.4, -0.2) is 24.1 Å². The number of hydrogen-bond donors (Lipinski definition) is 2. The summed E-state index contributed by atoms with van der Waals surface area (Å²) in [6.07, 6.45) is 3.64. The Morgan fingerprint density at radius 1 is 1.65 bits per heavy atom. The van der Waals surface area contributed by atoms with E-state index < -0.39 is 5.97 Å². The molecular weight excluding hydrogens is 218 g/mol. The molecule has 0 saturated heterocycles. The number of aromatic nitrogens is 1. The van der Waals surface area contributed by atoms with Crippen molar-refractivity contribution in [3.8, 4) is 0 Å². The number of nitrogens with one attached hydrogen (secondary N) is 1. The highest BCUT2D eigenvalue weighted by Gasteiger charge is 2.14. The topological polar surface area (TPSA) is 77.2 Å². The molecule has 0 aromatic carbocycles. The maximum atomic E-state index is 11.4. The zero-order valence-corrected chi connectivity index (χ0v) is 10.5. The molecule has 17 heavy (non-hydrogen) atoms. The van der Waals surface area contributed by atoms with E-state index in [-0.39, 0.29) is 6.04 Å². The second-order valence-corrected chi connectivity index (χ2v) is 3.95. The van der Waals surface area contributed by atoms with Gasteiger partial charge in [-0.1, -0.05) is 13.3 Å². The highest BCUT2D eigenvalue weighted by atomic mass is 16.5. The van der Waals surface area contributed by atoms with Gasteiger partial charge in [0.15, 0.2) is 0 Å². The van der Waals surface area contributed by atoms with E-state index in [9.17, 15) is 4.79 Å². The first-order chi connectivity index (χ1) is 8.10. The summed E-state index contributed by atoms with van der Waals surface area (Å²) in [5.74, 6) is 0.0879. The van der Waals surface area contributed by atoms with Crippen molar-refractivity contribution >= 4 is 17.5 Å². The van der Waals surface area contributed by atoms with Crippen LogP contribution in [0.1, 0.15) is 37.0 Å². The molecule has 5 heteroatoms. The summed E-state index contributed by atoms with van der Waals surface area (Å²) < 4.78 is 4.65. The van der Waals surface area contributed by atoms with Crippen LogP contribution in [0.25, 0.3) is 0 Å². The molecule has 1 aromatic heterocycles. The van der Waals surface area contributed by atoms with E-state index in [1.807, 2.05) is 0 Å². The van der Waals surface area contributed by atoms with E-state index >= 15 is 0 Å². The molecule has 1 aromatic rings. The van der Waals surface area contributed by atoms with Gasteiger partial charge in [-0.25, -0.2) is 9.78 Å². The van der Waals surface area contributed by atoms with E-state index in [0.717, 1.165) is 12.8 Å². The first kappa shape index (κ1) is 13.3. The standard InChI is InChI=1S/C12H19N3O2/c1-4-5-8(2)15-11-10(13)9(6-7-14-11)12(16)17-3/h6-8H,4-5,13H2,1-3H3,(H,14,15). The number of ether oxygens (including phenoxy) is 1. The van der Waals surface area contributed by atoms with Gasteiger partial charge >= 0.3 is 5.97 Å². The number of anilines is 2. The number of nitrogens with two attached hydrogens (primary N) is 1. The number of carbonyl (C=O) groups excluding carboxylic acids is 1. The van der Waals surface area contributed by atoms with Crippen LogP contribution >= 0.6 is 0 Å². The Morgan fingerprint density at radius 2 is 2.35 bits per heavy atom. The fraction of sp³-hybridized carbons (Fsp3) is 0.500. The maximum absolute atomic E-state index is 11.4. The number of rotatable bonds is 5. The minimum absolute atomic E-state index is 0.266. The third kappa shape index (κ3) is 3.34. The van der Waals surface area contributed by atoms with Gasteiger partial charge in [0.1, 0.15) is 5.82 Å². The summed E-state index contributed by atoms with van der Waals surface area (Å²) >= 11 is 0. The van der Waals surface area contributed by atoms with Crippen LogP contribution in [-0.2, 0) is 4.74 Å². The lowest BCUT2D eigenvalue weighted by Crippen LogP contribution is -2.18. The number of hydrogen-bond acceptors (Lipinski definition) is 5. The Kier molecular flexibility index (Phi) is 4.75. The molecule has 0 fully saturated rings. The maximum Gasteiger partial charge on any atom is 0.340 e. The van der Waals surface area contributed by atoms with E-state index in [2.05, 4.69) is 28.9 Å². The van der Waals surface area contributed by atoms with E-state index in [1.165, 1.54) is 7.11 Å². The summed E-state index contributed by atoms with van der Waals surface area (Å²) in [5, 5.41) is 3.19. The van der Waals surface area contributed by atoms with Gasteiger partial charge < -0.3 is 15.8 Å². The monoisotopic (exact) mass is 237 g/mol. The normalized spacial score (nSPS) is 11.9. The van der Waals surface area contributed by atoms with Crippen LogP contribution in [0.3, 0.4) is 0 Å². The largest absolute Gasteiger partial charge is 0.465 e. The van der Waals surface area contributed by atoms with Crippen molar-refractivity contribution in [3.05, 3.63) is 17.8 Å². The van der Waals surface area contributed by atoms with E-state index in [0.29, 0.717) is 17.1 Å². The first-order valence-corrected chi connectivity index (χ1v) is 5.69. The number of nitrogens with zero attached hydrogens (tertiary/aromatic N) is 1. The third-order valence-electron chi connectivity index (χ3n) is 2.50. The molecule has 94 valence electrons. The smallest absolute Gasteiger partial charge is 0.340 e. The number of pyridine rings is 1. The Bertz CT molecular complexity index is 393. The van der Waals surface area contributed by atoms with Gasteiger partial charge in [-0.2, -0.15) is 0 Å². The van der Waals surface area contributed by atoms with Crippen molar-refractivity contribution in [1.82, 2.24) is 4.98 Å². The van der Waals surface area contributed by atoms with Crippen LogP contribution in [0, 0.1) is 0 Å². The average molecular weight is 237 g/mol. The summed E-state index contributed by atoms with van der Waals surface area (Å²) in [7, 11) is 1.33. The summed E-state index contributed by atoms with van der Waals surface area (Å²) in [4.78, 5) is 15.6. The zero-order valence-electron chi connectivity index (χ0n) is 10.5. The van der Waals surface area contributed by atoms with Gasteiger partial charge in [0.05, 0.1) is 18.4 Å². The molecule has 0 aliphatic rings. The lowest BCUT2D eigenvalue weighted by molar-refractivity contribution is 0.0602. The highest BCUT2D eigenvalue weighted by molar-refractivity contribution is 5.97. The quantitative estimate of drug-likeness (QED) is 0.766. The summed E-state index contributed by atoms with van der Waals surface area (Å²) in [6, 6.07) is 1.82. The molecule has 3 N–H and O–H groups in total. The van der Waals surface area contributed by atoms with Crippen LogP contribution in [0.4, 0.5) is 11.5 Å². The number of methoxy groups -OCH3 is 1. The molecule has 0 aliphatic carbocycles. The number of carbonyl (C=O) groups is 1. The Labute approximate surface area is 101 Å². The molecule has 1 atom stereocenters. The van der Waals surface area contributed by atoms with Crippen LogP contribution in [0.5, 0.6) is 0 Å². The molecule has 0 spiro atoms. The molecule has 1 rings (SSSR count). The second-order valence-electron chi connectivity index (χ2n) is 3.95. The minimum Gasteiger partial charge on any atom is -0.465 e. The highest BCUT2D eigenvalue weighted by Crippen LogP contribution is 2.21. The molecule has 1 heterocycles. The summed E-state index contributed by atoms with van der Waals surface area (Å²) in [6.45, 7) is 4.16. The third-order valence-corrected chi connectivity index (χ3v) is 2.50.